The van der Waals surface area contributed by atoms with Gasteiger partial charge in [0, 0.05) is 24.2 Å². The van der Waals surface area contributed by atoms with Gasteiger partial charge in [-0.25, -0.2) is 0 Å². The van der Waals surface area contributed by atoms with Crippen LogP contribution in [0.3, 0.4) is 0 Å². The highest BCUT2D eigenvalue weighted by Crippen LogP contribution is 2.19. The minimum absolute atomic E-state index is 0.00751. The summed E-state index contributed by atoms with van der Waals surface area (Å²) >= 11 is 5.65. The second-order valence-electron chi connectivity index (χ2n) is 5.69. The van der Waals surface area contributed by atoms with Crippen molar-refractivity contribution in [2.24, 2.45) is 0 Å². The third kappa shape index (κ3) is 3.54. The normalized spacial score (nSPS) is 21.4. The van der Waals surface area contributed by atoms with E-state index in [1.165, 1.54) is 0 Å². The molecule has 0 radical (unpaired) electrons. The summed E-state index contributed by atoms with van der Waals surface area (Å²) in [5.74, 6) is 1.02. The zero-order chi connectivity index (χ0) is 16.4. The monoisotopic (exact) mass is 335 g/mol. The number of aromatic nitrogens is 2. The van der Waals surface area contributed by atoms with Crippen LogP contribution in [-0.2, 0) is 10.6 Å². The predicted octanol–water partition coefficient (Wildman–Crippen LogP) is 2.72. The summed E-state index contributed by atoms with van der Waals surface area (Å²) in [6, 6.07) is 7.17. The van der Waals surface area contributed by atoms with Gasteiger partial charge in [0.15, 0.2) is 0 Å². The van der Waals surface area contributed by atoms with Crippen molar-refractivity contribution in [3.05, 3.63) is 35.7 Å². The summed E-state index contributed by atoms with van der Waals surface area (Å²) in [7, 11) is 0. The Morgan fingerprint density at radius 2 is 1.91 bits per heavy atom. The van der Waals surface area contributed by atoms with Crippen molar-refractivity contribution < 1.29 is 14.1 Å². The maximum absolute atomic E-state index is 12.6. The summed E-state index contributed by atoms with van der Waals surface area (Å²) in [6.07, 6.45) is 0.102. The summed E-state index contributed by atoms with van der Waals surface area (Å²) in [5, 5.41) is 3.86. The van der Waals surface area contributed by atoms with Crippen molar-refractivity contribution in [1.82, 2.24) is 15.0 Å². The van der Waals surface area contributed by atoms with Gasteiger partial charge in [-0.05, 0) is 26.0 Å². The number of nitrogens with zero attached hydrogens (tertiary/aromatic N) is 3. The van der Waals surface area contributed by atoms with Crippen LogP contribution in [0.5, 0.6) is 0 Å². The Kier molecular flexibility index (Phi) is 4.63. The smallest absolute Gasteiger partial charge is 0.254 e. The fourth-order valence-electron chi connectivity index (χ4n) is 2.71. The van der Waals surface area contributed by atoms with Gasteiger partial charge in [0.2, 0.25) is 11.7 Å². The molecule has 1 aliphatic heterocycles. The molecule has 1 fully saturated rings. The molecular weight excluding hydrogens is 318 g/mol. The second-order valence-corrected chi connectivity index (χ2v) is 5.96. The van der Waals surface area contributed by atoms with Gasteiger partial charge in [-0.15, -0.1) is 11.6 Å². The molecule has 1 aliphatic rings. The van der Waals surface area contributed by atoms with Gasteiger partial charge < -0.3 is 14.2 Å². The quantitative estimate of drug-likeness (QED) is 0.807. The minimum atomic E-state index is 0.00751. The Hall–Kier alpha value is -1.92. The van der Waals surface area contributed by atoms with Gasteiger partial charge >= 0.3 is 0 Å². The highest BCUT2D eigenvalue weighted by Gasteiger charge is 2.26. The molecule has 2 aromatic rings. The molecule has 1 saturated heterocycles. The fourth-order valence-corrected chi connectivity index (χ4v) is 2.82. The molecule has 0 bridgehead atoms. The van der Waals surface area contributed by atoms with Gasteiger partial charge in [-0.2, -0.15) is 4.98 Å². The summed E-state index contributed by atoms with van der Waals surface area (Å²) in [6.45, 7) is 5.16. The SMILES string of the molecule is C[C@@H]1CN(C(=O)c2ccc(-c3noc(CCl)n3)cc2)C[C@@H](C)O1. The zero-order valence-electron chi connectivity index (χ0n) is 13.0. The van der Waals surface area contributed by atoms with E-state index in [1.807, 2.05) is 30.9 Å². The molecule has 0 N–H and O–H groups in total. The maximum Gasteiger partial charge on any atom is 0.254 e. The number of amides is 1. The number of halogens is 1. The lowest BCUT2D eigenvalue weighted by Gasteiger charge is -2.35. The Bertz CT molecular complexity index is 676. The fraction of sp³-hybridized carbons (Fsp3) is 0.438. The van der Waals surface area contributed by atoms with Gasteiger partial charge in [0.25, 0.3) is 5.91 Å². The van der Waals surface area contributed by atoms with Crippen LogP contribution in [0.2, 0.25) is 0 Å². The Morgan fingerprint density at radius 3 is 2.48 bits per heavy atom. The van der Waals surface area contributed by atoms with Crippen molar-refractivity contribution in [1.29, 1.82) is 0 Å². The molecule has 0 spiro atoms. The van der Waals surface area contributed by atoms with Gasteiger partial charge in [0.05, 0.1) is 12.2 Å². The number of carbonyl (C=O) groups excluding carboxylic acids is 1. The van der Waals surface area contributed by atoms with Crippen LogP contribution in [0.15, 0.2) is 28.8 Å². The molecule has 1 aromatic carbocycles. The lowest BCUT2D eigenvalue weighted by Crippen LogP contribution is -2.48. The molecule has 0 aliphatic carbocycles. The first-order chi connectivity index (χ1) is 11.1. The zero-order valence-corrected chi connectivity index (χ0v) is 13.8. The van der Waals surface area contributed by atoms with E-state index in [9.17, 15) is 4.79 Å². The number of hydrogen-bond acceptors (Lipinski definition) is 5. The van der Waals surface area contributed by atoms with E-state index in [-0.39, 0.29) is 24.0 Å². The van der Waals surface area contributed by atoms with E-state index >= 15 is 0 Å². The topological polar surface area (TPSA) is 68.5 Å². The average molecular weight is 336 g/mol. The molecule has 7 heteroatoms. The van der Waals surface area contributed by atoms with E-state index in [0.717, 1.165) is 5.56 Å². The molecule has 2 heterocycles. The minimum Gasteiger partial charge on any atom is -0.372 e. The van der Waals surface area contributed by atoms with Crippen LogP contribution in [-0.4, -0.2) is 46.2 Å². The van der Waals surface area contributed by atoms with Crippen molar-refractivity contribution in [3.63, 3.8) is 0 Å². The first kappa shape index (κ1) is 16.0. The summed E-state index contributed by atoms with van der Waals surface area (Å²) in [5.41, 5.74) is 1.42. The first-order valence-corrected chi connectivity index (χ1v) is 8.04. The van der Waals surface area contributed by atoms with E-state index in [0.29, 0.717) is 30.4 Å². The first-order valence-electron chi connectivity index (χ1n) is 7.50. The molecule has 0 unspecified atom stereocenters. The lowest BCUT2D eigenvalue weighted by atomic mass is 10.1. The molecule has 2 atom stereocenters. The predicted molar refractivity (Wildman–Crippen MR) is 85.2 cm³/mol. The van der Waals surface area contributed by atoms with Crippen LogP contribution in [0.4, 0.5) is 0 Å². The second kappa shape index (κ2) is 6.68. The number of carbonyl (C=O) groups is 1. The van der Waals surface area contributed by atoms with Crippen molar-refractivity contribution >= 4 is 17.5 Å². The summed E-state index contributed by atoms with van der Waals surface area (Å²) < 4.78 is 10.6. The Labute approximate surface area is 139 Å². The highest BCUT2D eigenvalue weighted by atomic mass is 35.5. The number of ether oxygens (including phenoxy) is 1. The van der Waals surface area contributed by atoms with Crippen LogP contribution < -0.4 is 0 Å². The number of morpholine rings is 1. The number of benzene rings is 1. The van der Waals surface area contributed by atoms with E-state index in [4.69, 9.17) is 20.9 Å². The molecule has 1 aromatic heterocycles. The summed E-state index contributed by atoms with van der Waals surface area (Å²) in [4.78, 5) is 18.6. The van der Waals surface area contributed by atoms with E-state index < -0.39 is 0 Å². The largest absolute Gasteiger partial charge is 0.372 e. The standard InChI is InChI=1S/C16H18ClN3O3/c1-10-8-20(9-11(2)22-10)16(21)13-5-3-12(4-6-13)15-18-14(7-17)23-19-15/h3-6,10-11H,7-9H2,1-2H3/t10-,11-/m1/s1. The van der Waals surface area contributed by atoms with Crippen LogP contribution in [0, 0.1) is 0 Å². The molecule has 0 saturated carbocycles. The lowest BCUT2D eigenvalue weighted by molar-refractivity contribution is -0.0586. The van der Waals surface area contributed by atoms with Gasteiger partial charge in [-0.3, -0.25) is 4.79 Å². The number of rotatable bonds is 3. The molecule has 1 amide bonds. The molecule has 3 rings (SSSR count). The molecule has 122 valence electrons. The van der Waals surface area contributed by atoms with Crippen LogP contribution >= 0.6 is 11.6 Å². The van der Waals surface area contributed by atoms with Crippen molar-refractivity contribution in [2.75, 3.05) is 13.1 Å². The van der Waals surface area contributed by atoms with Crippen molar-refractivity contribution in [3.8, 4) is 11.4 Å². The third-order valence-corrected chi connectivity index (χ3v) is 3.91. The van der Waals surface area contributed by atoms with Crippen LogP contribution in [0.1, 0.15) is 30.1 Å². The van der Waals surface area contributed by atoms with E-state index in [1.54, 1.807) is 12.1 Å². The average Bonchev–Trinajstić information content (AvgIpc) is 3.02. The number of hydrogen-bond donors (Lipinski definition) is 0. The molecular formula is C16H18ClN3O3. The van der Waals surface area contributed by atoms with Crippen molar-refractivity contribution in [2.45, 2.75) is 31.9 Å². The van der Waals surface area contributed by atoms with Crippen LogP contribution in [0.25, 0.3) is 11.4 Å². The Balaban J connectivity index is 1.75. The maximum atomic E-state index is 12.6. The van der Waals surface area contributed by atoms with Gasteiger partial charge in [0.1, 0.15) is 5.88 Å². The van der Waals surface area contributed by atoms with E-state index in [2.05, 4.69) is 10.1 Å². The molecule has 23 heavy (non-hydrogen) atoms. The van der Waals surface area contributed by atoms with Gasteiger partial charge in [-0.1, -0.05) is 17.3 Å². The number of alkyl halides is 1. The third-order valence-electron chi connectivity index (χ3n) is 3.68. The highest BCUT2D eigenvalue weighted by molar-refractivity contribution is 6.16. The Morgan fingerprint density at radius 1 is 1.26 bits per heavy atom. The molecule has 6 nitrogen and oxygen atoms in total.